The van der Waals surface area contributed by atoms with Crippen molar-refractivity contribution in [3.8, 4) is 11.5 Å². The van der Waals surface area contributed by atoms with Crippen molar-refractivity contribution in [2.45, 2.75) is 6.92 Å². The number of carboxylic acid groups (broad SMARTS) is 1. The zero-order valence-electron chi connectivity index (χ0n) is 15.9. The monoisotopic (exact) mass is 395 g/mol. The molecule has 1 aliphatic heterocycles. The second-order valence-electron chi connectivity index (χ2n) is 5.47. The molecule has 0 saturated carbocycles. The molecule has 0 fully saturated rings. The predicted molar refractivity (Wildman–Crippen MR) is 95.5 cm³/mol. The minimum Gasteiger partial charge on any atom is -0.493 e. The number of ether oxygens (including phenoxy) is 5. The van der Waals surface area contributed by atoms with Crippen LogP contribution in [0.1, 0.15) is 17.3 Å². The Bertz CT molecular complexity index is 816. The van der Waals surface area contributed by atoms with Crippen LogP contribution in [0.3, 0.4) is 0 Å². The third-order valence-electron chi connectivity index (χ3n) is 3.94. The molecule has 152 valence electrons. The van der Waals surface area contributed by atoms with Crippen LogP contribution in [-0.2, 0) is 23.8 Å². The van der Waals surface area contributed by atoms with Crippen LogP contribution in [-0.4, -0.2) is 64.3 Å². The molecule has 0 aromatic heterocycles. The molecule has 1 heterocycles. The van der Waals surface area contributed by atoms with Gasteiger partial charge in [0.15, 0.2) is 11.5 Å². The second-order valence-corrected chi connectivity index (χ2v) is 5.47. The van der Waals surface area contributed by atoms with E-state index >= 15 is 0 Å². The van der Waals surface area contributed by atoms with Gasteiger partial charge in [-0.15, -0.1) is 0 Å². The van der Waals surface area contributed by atoms with Crippen LogP contribution in [0.2, 0.25) is 0 Å². The SMILES string of the molecule is CCOc1cc(C(=O)O)c(N2COCC(C(=O)OC)=C2C(=O)OC)cc1OC. The maximum absolute atomic E-state index is 12.4. The number of nitrogens with zero attached hydrogens (tertiary/aromatic N) is 1. The third-order valence-corrected chi connectivity index (χ3v) is 3.94. The summed E-state index contributed by atoms with van der Waals surface area (Å²) in [5.74, 6) is -2.43. The summed E-state index contributed by atoms with van der Waals surface area (Å²) in [6.07, 6.45) is 0. The number of carbonyl (C=O) groups is 3. The fourth-order valence-corrected chi connectivity index (χ4v) is 2.71. The van der Waals surface area contributed by atoms with E-state index in [2.05, 4.69) is 0 Å². The molecule has 0 saturated heterocycles. The van der Waals surface area contributed by atoms with Crippen molar-refractivity contribution in [1.82, 2.24) is 0 Å². The third kappa shape index (κ3) is 4.01. The summed E-state index contributed by atoms with van der Waals surface area (Å²) in [4.78, 5) is 37.6. The fraction of sp³-hybridized carbons (Fsp3) is 0.389. The minimum absolute atomic E-state index is 0.0642. The Hall–Kier alpha value is -3.27. The highest BCUT2D eigenvalue weighted by Gasteiger charge is 2.34. The quantitative estimate of drug-likeness (QED) is 0.674. The van der Waals surface area contributed by atoms with Crippen LogP contribution in [0.5, 0.6) is 11.5 Å². The van der Waals surface area contributed by atoms with Gasteiger partial charge in [0.05, 0.1) is 51.4 Å². The van der Waals surface area contributed by atoms with Crippen molar-refractivity contribution in [2.75, 3.05) is 46.2 Å². The van der Waals surface area contributed by atoms with E-state index in [1.54, 1.807) is 6.92 Å². The molecule has 10 nitrogen and oxygen atoms in total. The number of carboxylic acids is 1. The summed E-state index contributed by atoms with van der Waals surface area (Å²) >= 11 is 0. The molecule has 1 aliphatic rings. The Morgan fingerprint density at radius 3 is 2.32 bits per heavy atom. The summed E-state index contributed by atoms with van der Waals surface area (Å²) in [6.45, 7) is 1.65. The van der Waals surface area contributed by atoms with Gasteiger partial charge in [0, 0.05) is 12.1 Å². The molecule has 0 radical (unpaired) electrons. The van der Waals surface area contributed by atoms with Crippen molar-refractivity contribution in [2.24, 2.45) is 0 Å². The van der Waals surface area contributed by atoms with Crippen molar-refractivity contribution < 1.29 is 43.2 Å². The van der Waals surface area contributed by atoms with E-state index in [9.17, 15) is 19.5 Å². The highest BCUT2D eigenvalue weighted by molar-refractivity contribution is 6.05. The lowest BCUT2D eigenvalue weighted by Crippen LogP contribution is -2.39. The first kappa shape index (κ1) is 21.0. The molecule has 0 aliphatic carbocycles. The molecule has 1 aromatic rings. The fourth-order valence-electron chi connectivity index (χ4n) is 2.71. The Labute approximate surface area is 161 Å². The van der Waals surface area contributed by atoms with E-state index in [1.807, 2.05) is 0 Å². The highest BCUT2D eigenvalue weighted by Crippen LogP contribution is 2.38. The van der Waals surface area contributed by atoms with Crippen LogP contribution in [0, 0.1) is 0 Å². The molecule has 28 heavy (non-hydrogen) atoms. The maximum atomic E-state index is 12.4. The first-order valence-electron chi connectivity index (χ1n) is 8.22. The molecule has 0 amide bonds. The van der Waals surface area contributed by atoms with Gasteiger partial charge in [-0.2, -0.15) is 0 Å². The van der Waals surface area contributed by atoms with Crippen LogP contribution in [0.4, 0.5) is 5.69 Å². The zero-order chi connectivity index (χ0) is 20.8. The number of methoxy groups -OCH3 is 3. The molecule has 0 spiro atoms. The summed E-state index contributed by atoms with van der Waals surface area (Å²) in [6, 6.07) is 2.67. The maximum Gasteiger partial charge on any atom is 0.355 e. The normalized spacial score (nSPS) is 13.8. The van der Waals surface area contributed by atoms with Gasteiger partial charge < -0.3 is 33.7 Å². The largest absolute Gasteiger partial charge is 0.493 e. The van der Waals surface area contributed by atoms with Gasteiger partial charge >= 0.3 is 17.9 Å². The number of rotatable bonds is 7. The zero-order valence-corrected chi connectivity index (χ0v) is 15.9. The van der Waals surface area contributed by atoms with E-state index in [4.69, 9.17) is 23.7 Å². The molecule has 0 atom stereocenters. The summed E-state index contributed by atoms with van der Waals surface area (Å²) in [5, 5.41) is 9.67. The van der Waals surface area contributed by atoms with E-state index in [0.717, 1.165) is 14.2 Å². The molecular formula is C18H21NO9. The van der Waals surface area contributed by atoms with Crippen molar-refractivity contribution in [1.29, 1.82) is 0 Å². The molecule has 1 aromatic carbocycles. The number of hydrogen-bond donors (Lipinski definition) is 1. The van der Waals surface area contributed by atoms with E-state index in [-0.39, 0.29) is 47.4 Å². The number of hydrogen-bond acceptors (Lipinski definition) is 9. The van der Waals surface area contributed by atoms with Gasteiger partial charge in [-0.05, 0) is 6.92 Å². The van der Waals surface area contributed by atoms with Gasteiger partial charge in [0.25, 0.3) is 0 Å². The number of anilines is 1. The first-order chi connectivity index (χ1) is 13.4. The molecule has 2 rings (SSSR count). The summed E-state index contributed by atoms with van der Waals surface area (Å²) < 4.78 is 25.5. The Morgan fingerprint density at radius 2 is 1.79 bits per heavy atom. The average molecular weight is 395 g/mol. The van der Waals surface area contributed by atoms with Gasteiger partial charge in [-0.3, -0.25) is 0 Å². The first-order valence-corrected chi connectivity index (χ1v) is 8.22. The second kappa shape index (κ2) is 9.09. The topological polar surface area (TPSA) is 121 Å². The highest BCUT2D eigenvalue weighted by atomic mass is 16.5. The number of esters is 2. The van der Waals surface area contributed by atoms with E-state index in [0.29, 0.717) is 6.61 Å². The van der Waals surface area contributed by atoms with E-state index in [1.165, 1.54) is 24.1 Å². The molecule has 10 heteroatoms. The smallest absolute Gasteiger partial charge is 0.355 e. The molecule has 0 bridgehead atoms. The van der Waals surface area contributed by atoms with Gasteiger partial charge in [-0.25, -0.2) is 14.4 Å². The Kier molecular flexibility index (Phi) is 6.83. The van der Waals surface area contributed by atoms with Crippen molar-refractivity contribution in [3.63, 3.8) is 0 Å². The number of carbonyl (C=O) groups excluding carboxylic acids is 2. The Morgan fingerprint density at radius 1 is 1.11 bits per heavy atom. The van der Waals surface area contributed by atoms with Gasteiger partial charge in [0.2, 0.25) is 0 Å². The standard InChI is InChI=1S/C18H21NO9/c1-5-28-14-6-10(16(20)21)12(7-13(14)24-2)19-9-27-8-11(17(22)25-3)15(19)18(23)26-4/h6-7H,5,8-9H2,1-4H3,(H,20,21). The number of benzene rings is 1. The summed E-state index contributed by atoms with van der Waals surface area (Å²) in [7, 11) is 3.70. The number of aromatic carboxylic acids is 1. The van der Waals surface area contributed by atoms with Crippen LogP contribution in [0.15, 0.2) is 23.4 Å². The average Bonchev–Trinajstić information content (AvgIpc) is 2.71. The van der Waals surface area contributed by atoms with Gasteiger partial charge in [-0.1, -0.05) is 0 Å². The lowest BCUT2D eigenvalue weighted by Gasteiger charge is -2.32. The van der Waals surface area contributed by atoms with Gasteiger partial charge in [0.1, 0.15) is 12.4 Å². The molecular weight excluding hydrogens is 374 g/mol. The Balaban J connectivity index is 2.73. The van der Waals surface area contributed by atoms with Crippen LogP contribution in [0.25, 0.3) is 0 Å². The van der Waals surface area contributed by atoms with E-state index < -0.39 is 17.9 Å². The molecule has 1 N–H and O–H groups in total. The lowest BCUT2D eigenvalue weighted by molar-refractivity contribution is -0.140. The van der Waals surface area contributed by atoms with Crippen LogP contribution >= 0.6 is 0 Å². The molecule has 0 unspecified atom stereocenters. The minimum atomic E-state index is -1.27. The summed E-state index contributed by atoms with van der Waals surface area (Å²) in [5.41, 5.74) is -0.381. The van der Waals surface area contributed by atoms with Crippen molar-refractivity contribution >= 4 is 23.6 Å². The van der Waals surface area contributed by atoms with Crippen molar-refractivity contribution in [3.05, 3.63) is 29.0 Å². The lowest BCUT2D eigenvalue weighted by atomic mass is 10.1. The van der Waals surface area contributed by atoms with Crippen LogP contribution < -0.4 is 14.4 Å². The predicted octanol–water partition coefficient (Wildman–Crippen LogP) is 1.19.